The molecule has 0 radical (unpaired) electrons. The van der Waals surface area contributed by atoms with E-state index in [9.17, 15) is 15.0 Å². The molecule has 3 rings (SSSR count). The molecular formula is C21H24N4O3. The predicted molar refractivity (Wildman–Crippen MR) is 105 cm³/mol. The van der Waals surface area contributed by atoms with Crippen LogP contribution in [0, 0.1) is 5.92 Å². The molecule has 0 aromatic carbocycles. The molecule has 0 atom stereocenters. The average Bonchev–Trinajstić information content (AvgIpc) is 2.95. The van der Waals surface area contributed by atoms with Crippen LogP contribution in [0.5, 0.6) is 11.6 Å². The second-order valence-electron chi connectivity index (χ2n) is 7.08. The summed E-state index contributed by atoms with van der Waals surface area (Å²) >= 11 is 0. The first kappa shape index (κ1) is 19.4. The van der Waals surface area contributed by atoms with Crippen LogP contribution in [0.3, 0.4) is 0 Å². The number of aromatic hydroxyl groups is 2. The fraction of sp³-hybridized carbons (Fsp3) is 0.286. The third-order valence-corrected chi connectivity index (χ3v) is 4.30. The topological polar surface area (TPSA) is 102 Å². The highest BCUT2D eigenvalue weighted by Gasteiger charge is 2.28. The van der Waals surface area contributed by atoms with E-state index >= 15 is 0 Å². The zero-order valence-corrected chi connectivity index (χ0v) is 16.0. The van der Waals surface area contributed by atoms with Crippen molar-refractivity contribution in [2.75, 3.05) is 0 Å². The molecule has 0 fully saturated rings. The van der Waals surface area contributed by atoms with Gasteiger partial charge >= 0.3 is 0 Å². The third kappa shape index (κ3) is 4.49. The number of hydrogen-bond acceptors (Lipinski definition) is 5. The maximum Gasteiger partial charge on any atom is 0.263 e. The second kappa shape index (κ2) is 8.56. The first-order valence-electron chi connectivity index (χ1n) is 9.17. The van der Waals surface area contributed by atoms with E-state index in [0.717, 1.165) is 0 Å². The summed E-state index contributed by atoms with van der Waals surface area (Å²) in [6.45, 7) is 4.43. The third-order valence-electron chi connectivity index (χ3n) is 4.30. The number of carbonyl (C=O) groups is 1. The predicted octanol–water partition coefficient (Wildman–Crippen LogP) is 3.26. The fourth-order valence-electron chi connectivity index (χ4n) is 3.02. The molecule has 0 aliphatic carbocycles. The van der Waals surface area contributed by atoms with Crippen LogP contribution < -0.4 is 0 Å². The van der Waals surface area contributed by atoms with Gasteiger partial charge in [-0.15, -0.1) is 0 Å². The summed E-state index contributed by atoms with van der Waals surface area (Å²) in [4.78, 5) is 26.0. The number of nitrogens with one attached hydrogen (secondary N) is 1. The summed E-state index contributed by atoms with van der Waals surface area (Å²) < 4.78 is 0. The molecule has 0 unspecified atom stereocenters. The van der Waals surface area contributed by atoms with Crippen LogP contribution in [0.1, 0.15) is 41.3 Å². The molecule has 28 heavy (non-hydrogen) atoms. The fourth-order valence-corrected chi connectivity index (χ4v) is 3.02. The van der Waals surface area contributed by atoms with Crippen molar-refractivity contribution in [3.8, 4) is 11.6 Å². The largest absolute Gasteiger partial charge is 0.505 e. The van der Waals surface area contributed by atoms with Gasteiger partial charge in [0.1, 0.15) is 5.56 Å². The number of amides is 1. The molecule has 0 aliphatic rings. The van der Waals surface area contributed by atoms with E-state index in [1.54, 1.807) is 24.5 Å². The minimum atomic E-state index is -0.488. The Kier molecular flexibility index (Phi) is 5.93. The lowest BCUT2D eigenvalue weighted by molar-refractivity contribution is 0.0719. The lowest BCUT2D eigenvalue weighted by Gasteiger charge is -2.22. The summed E-state index contributed by atoms with van der Waals surface area (Å²) in [6.07, 6.45) is 3.84. The van der Waals surface area contributed by atoms with Crippen molar-refractivity contribution in [1.29, 1.82) is 0 Å². The number of aromatic amines is 1. The lowest BCUT2D eigenvalue weighted by Crippen LogP contribution is -2.30. The van der Waals surface area contributed by atoms with E-state index < -0.39 is 5.91 Å². The number of aromatic nitrogens is 3. The van der Waals surface area contributed by atoms with E-state index in [0.29, 0.717) is 23.5 Å². The van der Waals surface area contributed by atoms with Crippen molar-refractivity contribution >= 4 is 5.91 Å². The molecule has 0 saturated carbocycles. The molecule has 1 amide bonds. The van der Waals surface area contributed by atoms with Gasteiger partial charge in [-0.3, -0.25) is 14.8 Å². The zero-order chi connectivity index (χ0) is 20.1. The molecule has 146 valence electrons. The van der Waals surface area contributed by atoms with E-state index in [-0.39, 0.29) is 36.2 Å². The van der Waals surface area contributed by atoms with Crippen LogP contribution in [-0.4, -0.2) is 36.0 Å². The van der Waals surface area contributed by atoms with Gasteiger partial charge in [-0.05, 0) is 36.6 Å². The Balaban J connectivity index is 1.93. The van der Waals surface area contributed by atoms with Crippen LogP contribution in [0.2, 0.25) is 0 Å². The van der Waals surface area contributed by atoms with Crippen molar-refractivity contribution in [3.05, 3.63) is 71.4 Å². The summed E-state index contributed by atoms with van der Waals surface area (Å²) in [5.74, 6) is -0.768. The monoisotopic (exact) mass is 380 g/mol. The molecule has 7 nitrogen and oxygen atoms in total. The molecule has 3 N–H and O–H groups in total. The zero-order valence-electron chi connectivity index (χ0n) is 16.0. The second-order valence-corrected chi connectivity index (χ2v) is 7.08. The summed E-state index contributed by atoms with van der Waals surface area (Å²) in [7, 11) is 0. The van der Waals surface area contributed by atoms with E-state index in [4.69, 9.17) is 0 Å². The van der Waals surface area contributed by atoms with Gasteiger partial charge in [0.2, 0.25) is 5.88 Å². The molecular weight excluding hydrogens is 356 g/mol. The van der Waals surface area contributed by atoms with Crippen molar-refractivity contribution in [3.63, 3.8) is 0 Å². The smallest absolute Gasteiger partial charge is 0.263 e. The van der Waals surface area contributed by atoms with Crippen molar-refractivity contribution in [2.24, 2.45) is 5.92 Å². The lowest BCUT2D eigenvalue weighted by atomic mass is 10.1. The first-order valence-corrected chi connectivity index (χ1v) is 9.17. The standard InChI is InChI=1S/C21H24N4O3/c1-14(2)11-17-19(26)18(20(27)24-17)21(28)25(12-15-7-3-5-9-22-15)13-16-8-4-6-10-23-16/h3-10,14,24,26-27H,11-13H2,1-2H3. The Hall–Kier alpha value is -3.35. The molecule has 0 saturated heterocycles. The highest BCUT2D eigenvalue weighted by atomic mass is 16.3. The Morgan fingerprint density at radius 3 is 2.07 bits per heavy atom. The molecule has 3 aromatic rings. The van der Waals surface area contributed by atoms with Crippen LogP contribution in [0.15, 0.2) is 48.8 Å². The Labute approximate surface area is 163 Å². The van der Waals surface area contributed by atoms with Gasteiger partial charge in [0.15, 0.2) is 5.75 Å². The van der Waals surface area contributed by atoms with Gasteiger partial charge in [-0.1, -0.05) is 26.0 Å². The minimum absolute atomic E-state index is 0.123. The summed E-state index contributed by atoms with van der Waals surface area (Å²) in [6, 6.07) is 10.9. The summed E-state index contributed by atoms with van der Waals surface area (Å²) in [5.41, 5.74) is 1.72. The Morgan fingerprint density at radius 2 is 1.61 bits per heavy atom. The van der Waals surface area contributed by atoms with Gasteiger partial charge in [-0.2, -0.15) is 0 Å². The van der Waals surface area contributed by atoms with Gasteiger partial charge < -0.3 is 20.1 Å². The number of rotatable bonds is 7. The average molecular weight is 380 g/mol. The minimum Gasteiger partial charge on any atom is -0.505 e. The maximum atomic E-state index is 13.2. The number of nitrogens with zero attached hydrogens (tertiary/aromatic N) is 3. The number of carbonyl (C=O) groups excluding carboxylic acids is 1. The number of hydrogen-bond donors (Lipinski definition) is 3. The molecule has 0 aliphatic heterocycles. The van der Waals surface area contributed by atoms with Crippen LogP contribution in [0.4, 0.5) is 0 Å². The number of pyridine rings is 2. The Bertz CT molecular complexity index is 882. The molecule has 0 bridgehead atoms. The van der Waals surface area contributed by atoms with Crippen molar-refractivity contribution in [1.82, 2.24) is 19.9 Å². The van der Waals surface area contributed by atoms with Crippen LogP contribution in [-0.2, 0) is 19.5 Å². The molecule has 3 heterocycles. The molecule has 0 spiro atoms. The molecule has 7 heteroatoms. The van der Waals surface area contributed by atoms with Gasteiger partial charge in [-0.25, -0.2) is 0 Å². The van der Waals surface area contributed by atoms with E-state index in [1.807, 2.05) is 38.1 Å². The number of H-pyrrole nitrogens is 1. The van der Waals surface area contributed by atoms with Gasteiger partial charge in [0, 0.05) is 12.4 Å². The normalized spacial score (nSPS) is 11.0. The van der Waals surface area contributed by atoms with Crippen molar-refractivity contribution < 1.29 is 15.0 Å². The highest BCUT2D eigenvalue weighted by Crippen LogP contribution is 2.33. The van der Waals surface area contributed by atoms with Gasteiger partial charge in [0.05, 0.1) is 30.2 Å². The SMILES string of the molecule is CC(C)Cc1[nH]c(O)c(C(=O)N(Cc2ccccn2)Cc2ccccn2)c1O. The van der Waals surface area contributed by atoms with E-state index in [2.05, 4.69) is 15.0 Å². The van der Waals surface area contributed by atoms with E-state index in [1.165, 1.54) is 4.90 Å². The maximum absolute atomic E-state index is 13.2. The highest BCUT2D eigenvalue weighted by molar-refractivity contribution is 5.99. The summed E-state index contributed by atoms with van der Waals surface area (Å²) in [5, 5.41) is 20.8. The Morgan fingerprint density at radius 1 is 1.04 bits per heavy atom. The molecule has 3 aromatic heterocycles. The first-order chi connectivity index (χ1) is 13.5. The van der Waals surface area contributed by atoms with Gasteiger partial charge in [0.25, 0.3) is 5.91 Å². The van der Waals surface area contributed by atoms with Crippen LogP contribution >= 0.6 is 0 Å². The quantitative estimate of drug-likeness (QED) is 0.584. The van der Waals surface area contributed by atoms with Crippen LogP contribution in [0.25, 0.3) is 0 Å². The van der Waals surface area contributed by atoms with Crippen molar-refractivity contribution in [2.45, 2.75) is 33.4 Å².